The smallest absolute Gasteiger partial charge is 0.113 e. The number of unbranched alkanes of at least 4 members (excludes halogenated alkanes) is 1. The lowest BCUT2D eigenvalue weighted by molar-refractivity contribution is 0.195. The Kier molecular flexibility index (Phi) is 5.20. The van der Waals surface area contributed by atoms with Gasteiger partial charge in [0, 0.05) is 37.9 Å². The summed E-state index contributed by atoms with van der Waals surface area (Å²) in [6.07, 6.45) is 9.05. The van der Waals surface area contributed by atoms with Crippen molar-refractivity contribution in [2.45, 2.75) is 58.5 Å². The fourth-order valence-corrected chi connectivity index (χ4v) is 3.88. The molecule has 0 spiro atoms. The third-order valence-corrected chi connectivity index (χ3v) is 5.29. The van der Waals surface area contributed by atoms with Gasteiger partial charge in [0.1, 0.15) is 5.82 Å². The van der Waals surface area contributed by atoms with Gasteiger partial charge in [-0.3, -0.25) is 4.90 Å². The maximum Gasteiger partial charge on any atom is 0.113 e. The molecule has 0 radical (unpaired) electrons. The lowest BCUT2D eigenvalue weighted by Gasteiger charge is -2.32. The average Bonchev–Trinajstić information content (AvgIpc) is 3.15. The van der Waals surface area contributed by atoms with Crippen LogP contribution in [0.3, 0.4) is 0 Å². The van der Waals surface area contributed by atoms with E-state index in [0.717, 1.165) is 25.3 Å². The zero-order chi connectivity index (χ0) is 15.4. The average molecular weight is 319 g/mol. The highest BCUT2D eigenvalue weighted by atomic mass is 32.1. The third kappa shape index (κ3) is 3.55. The highest BCUT2D eigenvalue weighted by Gasteiger charge is 2.25. The van der Waals surface area contributed by atoms with Crippen LogP contribution in [0.25, 0.3) is 0 Å². The minimum absolute atomic E-state index is 0.557. The Labute approximate surface area is 136 Å². The van der Waals surface area contributed by atoms with Crippen molar-refractivity contribution in [1.29, 1.82) is 0 Å². The minimum atomic E-state index is 0.557. The Morgan fingerprint density at radius 2 is 2.32 bits per heavy atom. The van der Waals surface area contributed by atoms with Gasteiger partial charge in [-0.2, -0.15) is 0 Å². The number of hydrogen-bond acceptors (Lipinski definition) is 5. The van der Waals surface area contributed by atoms with Gasteiger partial charge < -0.3 is 4.57 Å². The molecule has 1 saturated heterocycles. The zero-order valence-electron chi connectivity index (χ0n) is 13.5. The molecule has 1 fully saturated rings. The molecule has 0 unspecified atom stereocenters. The first-order valence-electron chi connectivity index (χ1n) is 8.29. The Hall–Kier alpha value is -1.27. The lowest BCUT2D eigenvalue weighted by Crippen LogP contribution is -2.34. The van der Waals surface area contributed by atoms with Crippen LogP contribution in [0.15, 0.2) is 12.4 Å². The lowest BCUT2D eigenvalue weighted by atomic mass is 9.97. The molecule has 0 saturated carbocycles. The predicted octanol–water partition coefficient (Wildman–Crippen LogP) is 3.22. The maximum atomic E-state index is 4.66. The van der Waals surface area contributed by atoms with Gasteiger partial charge in [-0.25, -0.2) is 4.98 Å². The molecule has 0 aromatic carbocycles. The number of piperidine rings is 1. The van der Waals surface area contributed by atoms with Crippen LogP contribution in [0.1, 0.15) is 54.9 Å². The van der Waals surface area contributed by atoms with Crippen molar-refractivity contribution in [3.05, 3.63) is 28.8 Å². The van der Waals surface area contributed by atoms with Crippen LogP contribution in [0, 0.1) is 6.92 Å². The molecular formula is C16H25N5S. The summed E-state index contributed by atoms with van der Waals surface area (Å²) in [7, 11) is 0. The standard InChI is InChI=1S/C16H25N5S/c1-3-4-9-21-10-7-17-16(21)14-6-5-8-20(11-14)12-15-13(2)18-19-22-15/h7,10,14H,3-6,8-9,11-12H2,1-2H3/t14-/m0/s1. The van der Waals surface area contributed by atoms with Crippen molar-refractivity contribution in [3.8, 4) is 0 Å². The fraction of sp³-hybridized carbons (Fsp3) is 0.688. The SMILES string of the molecule is CCCCn1ccnc1[C@H]1CCCN(Cc2snnc2C)C1. The first-order chi connectivity index (χ1) is 10.8. The van der Waals surface area contributed by atoms with Crippen LogP contribution in [0.2, 0.25) is 0 Å². The van der Waals surface area contributed by atoms with E-state index >= 15 is 0 Å². The largest absolute Gasteiger partial charge is 0.335 e. The normalized spacial score (nSPS) is 19.6. The summed E-state index contributed by atoms with van der Waals surface area (Å²) in [6, 6.07) is 0. The summed E-state index contributed by atoms with van der Waals surface area (Å²) in [5.41, 5.74) is 1.08. The first-order valence-corrected chi connectivity index (χ1v) is 9.06. The summed E-state index contributed by atoms with van der Waals surface area (Å²) in [5, 5.41) is 4.12. The van der Waals surface area contributed by atoms with Crippen LogP contribution in [0.5, 0.6) is 0 Å². The van der Waals surface area contributed by atoms with Crippen molar-refractivity contribution in [2.24, 2.45) is 0 Å². The van der Waals surface area contributed by atoms with Gasteiger partial charge in [0.2, 0.25) is 0 Å². The van der Waals surface area contributed by atoms with E-state index in [1.54, 1.807) is 0 Å². The molecule has 0 aliphatic carbocycles. The van der Waals surface area contributed by atoms with Gasteiger partial charge >= 0.3 is 0 Å². The van der Waals surface area contributed by atoms with E-state index in [1.165, 1.54) is 54.5 Å². The molecule has 6 heteroatoms. The van der Waals surface area contributed by atoms with Crippen molar-refractivity contribution >= 4 is 11.5 Å². The highest BCUT2D eigenvalue weighted by Crippen LogP contribution is 2.27. The predicted molar refractivity (Wildman–Crippen MR) is 89.0 cm³/mol. The molecule has 0 N–H and O–H groups in total. The minimum Gasteiger partial charge on any atom is -0.335 e. The molecule has 120 valence electrons. The van der Waals surface area contributed by atoms with Crippen LogP contribution >= 0.6 is 11.5 Å². The van der Waals surface area contributed by atoms with Gasteiger partial charge in [-0.1, -0.05) is 17.8 Å². The summed E-state index contributed by atoms with van der Waals surface area (Å²) in [6.45, 7) is 8.64. The van der Waals surface area contributed by atoms with Gasteiger partial charge in [-0.05, 0) is 44.3 Å². The molecule has 0 amide bonds. The molecule has 1 atom stereocenters. The van der Waals surface area contributed by atoms with Gasteiger partial charge in [0.15, 0.2) is 0 Å². The van der Waals surface area contributed by atoms with E-state index in [0.29, 0.717) is 5.92 Å². The van der Waals surface area contributed by atoms with Crippen molar-refractivity contribution < 1.29 is 0 Å². The number of nitrogens with zero attached hydrogens (tertiary/aromatic N) is 5. The second-order valence-electron chi connectivity index (χ2n) is 6.19. The molecule has 3 rings (SSSR count). The van der Waals surface area contributed by atoms with Gasteiger partial charge in [0.25, 0.3) is 0 Å². The zero-order valence-corrected chi connectivity index (χ0v) is 14.3. The summed E-state index contributed by atoms with van der Waals surface area (Å²) in [4.78, 5) is 8.49. The molecule has 1 aliphatic heterocycles. The molecule has 0 bridgehead atoms. The van der Waals surface area contributed by atoms with E-state index in [4.69, 9.17) is 0 Å². The second kappa shape index (κ2) is 7.33. The molecular weight excluding hydrogens is 294 g/mol. The third-order valence-electron chi connectivity index (χ3n) is 4.48. The Balaban J connectivity index is 1.65. The molecule has 1 aliphatic rings. The van der Waals surface area contributed by atoms with Gasteiger partial charge in [0.05, 0.1) is 10.6 Å². The highest BCUT2D eigenvalue weighted by molar-refractivity contribution is 7.05. The van der Waals surface area contributed by atoms with E-state index in [2.05, 4.69) is 44.1 Å². The van der Waals surface area contributed by atoms with Crippen molar-refractivity contribution in [2.75, 3.05) is 13.1 Å². The second-order valence-corrected chi connectivity index (χ2v) is 7.03. The van der Waals surface area contributed by atoms with E-state index < -0.39 is 0 Å². The molecule has 2 aromatic heterocycles. The number of aromatic nitrogens is 4. The van der Waals surface area contributed by atoms with Gasteiger partial charge in [-0.15, -0.1) is 5.10 Å². The van der Waals surface area contributed by atoms with Crippen LogP contribution in [-0.2, 0) is 13.1 Å². The number of hydrogen-bond donors (Lipinski definition) is 0. The molecule has 22 heavy (non-hydrogen) atoms. The number of imidazole rings is 1. The summed E-state index contributed by atoms with van der Waals surface area (Å²) >= 11 is 1.53. The maximum absolute atomic E-state index is 4.66. The Morgan fingerprint density at radius 1 is 1.41 bits per heavy atom. The number of rotatable bonds is 6. The quantitative estimate of drug-likeness (QED) is 0.820. The summed E-state index contributed by atoms with van der Waals surface area (Å²) < 4.78 is 6.41. The topological polar surface area (TPSA) is 46.8 Å². The van der Waals surface area contributed by atoms with E-state index in [-0.39, 0.29) is 0 Å². The fourth-order valence-electron chi connectivity index (χ4n) is 3.21. The van der Waals surface area contributed by atoms with E-state index in [9.17, 15) is 0 Å². The molecule has 3 heterocycles. The number of aryl methyl sites for hydroxylation is 2. The number of likely N-dealkylation sites (tertiary alicyclic amines) is 1. The Bertz CT molecular complexity index is 591. The van der Waals surface area contributed by atoms with E-state index in [1.807, 2.05) is 6.20 Å². The molecule has 2 aromatic rings. The Morgan fingerprint density at radius 3 is 3.09 bits per heavy atom. The molecule has 5 nitrogen and oxygen atoms in total. The van der Waals surface area contributed by atoms with Crippen molar-refractivity contribution in [1.82, 2.24) is 24.0 Å². The monoisotopic (exact) mass is 319 g/mol. The van der Waals surface area contributed by atoms with Crippen LogP contribution in [0.4, 0.5) is 0 Å². The van der Waals surface area contributed by atoms with Crippen LogP contribution in [-0.4, -0.2) is 37.1 Å². The first kappa shape index (κ1) is 15.6. The van der Waals surface area contributed by atoms with Crippen molar-refractivity contribution in [3.63, 3.8) is 0 Å². The summed E-state index contributed by atoms with van der Waals surface area (Å²) in [5.74, 6) is 1.83. The van der Waals surface area contributed by atoms with Crippen LogP contribution < -0.4 is 0 Å².